The van der Waals surface area contributed by atoms with Crippen LogP contribution in [0.5, 0.6) is 0 Å². The van der Waals surface area contributed by atoms with Gasteiger partial charge in [-0.25, -0.2) is 9.55 Å². The average molecular weight is 637 g/mol. The van der Waals surface area contributed by atoms with Crippen LogP contribution in [0.15, 0.2) is 18.5 Å². The Morgan fingerprint density at radius 1 is 1.07 bits per heavy atom. The van der Waals surface area contributed by atoms with E-state index in [9.17, 15) is 14.2 Å². The number of imidazole rings is 1. The maximum Gasteiger partial charge on any atom is 0.475 e. The van der Waals surface area contributed by atoms with Crippen molar-refractivity contribution in [3.05, 3.63) is 18.5 Å². The van der Waals surface area contributed by atoms with Gasteiger partial charge in [-0.2, -0.15) is 9.97 Å². The zero-order valence-electron chi connectivity index (χ0n) is 25.8. The van der Waals surface area contributed by atoms with E-state index in [1.54, 1.807) is 12.4 Å². The van der Waals surface area contributed by atoms with E-state index in [4.69, 9.17) is 28.8 Å². The number of unbranched alkanes of at least 4 members (excludes halogenated alkanes) is 4. The highest BCUT2D eigenvalue weighted by molar-refractivity contribution is 7.48. The van der Waals surface area contributed by atoms with E-state index >= 15 is 0 Å². The second kappa shape index (κ2) is 16.3. The van der Waals surface area contributed by atoms with E-state index in [-0.39, 0.29) is 38.0 Å². The fraction of sp³-hybridized carbons (Fsp3) is 0.690. The van der Waals surface area contributed by atoms with Crippen LogP contribution in [0.1, 0.15) is 90.5 Å². The molecule has 0 bridgehead atoms. The van der Waals surface area contributed by atoms with Crippen molar-refractivity contribution < 1.29 is 37.2 Å². The van der Waals surface area contributed by atoms with Gasteiger partial charge in [-0.1, -0.05) is 51.7 Å². The maximum absolute atomic E-state index is 13.4. The molecule has 0 saturated heterocycles. The number of hydrogen-bond donors (Lipinski definition) is 2. The first-order chi connectivity index (χ1) is 21.2. The number of phosphoric acid groups is 1. The second-order valence-electron chi connectivity index (χ2n) is 11.1. The highest BCUT2D eigenvalue weighted by Crippen LogP contribution is 2.51. The number of carbonyl (C=O) groups excluding carboxylic acids is 2. The Labute approximate surface area is 258 Å². The molecular formula is C29H45N6O8P. The zero-order chi connectivity index (χ0) is 31.5. The molecule has 4 rings (SSSR count). The first-order valence-electron chi connectivity index (χ1n) is 15.5. The summed E-state index contributed by atoms with van der Waals surface area (Å²) < 4.78 is 42.7. The Hall–Kier alpha value is -3.06. The minimum absolute atomic E-state index is 0.140. The van der Waals surface area contributed by atoms with Crippen LogP contribution in [0.2, 0.25) is 0 Å². The molecule has 0 aromatic carbocycles. The molecule has 0 radical (unpaired) electrons. The summed E-state index contributed by atoms with van der Waals surface area (Å²) in [6.45, 7) is 3.51. The van der Waals surface area contributed by atoms with Crippen LogP contribution < -0.4 is 11.1 Å². The van der Waals surface area contributed by atoms with Gasteiger partial charge in [0.15, 0.2) is 23.1 Å². The smallest absolute Gasteiger partial charge is 0.462 e. The molecule has 2 aliphatic carbocycles. The van der Waals surface area contributed by atoms with Crippen molar-refractivity contribution in [2.24, 2.45) is 0 Å². The molecule has 4 atom stereocenters. The molecule has 1 fully saturated rings. The third-order valence-electron chi connectivity index (χ3n) is 7.34. The van der Waals surface area contributed by atoms with Crippen molar-refractivity contribution in [3.8, 4) is 0 Å². The molecule has 1 saturated carbocycles. The summed E-state index contributed by atoms with van der Waals surface area (Å²) in [7, 11) is -2.87. The minimum atomic E-state index is -4.08. The summed E-state index contributed by atoms with van der Waals surface area (Å²) in [4.78, 5) is 37.8. The fourth-order valence-electron chi connectivity index (χ4n) is 4.75. The Balaban J connectivity index is 1.34. The van der Waals surface area contributed by atoms with Crippen molar-refractivity contribution in [2.75, 3.05) is 31.4 Å². The average Bonchev–Trinajstić information content (AvgIpc) is 3.53. The SMILES string of the molecule is CCCCCC(=O)OCC(CO[P@@](=O)(OC)O[C@@H]1C=C[C@H](n2cnc3c(NC4CC4)nc(N)nc32)C1)OC(=O)CCCCC. The van der Waals surface area contributed by atoms with Crippen LogP contribution in [0.4, 0.5) is 11.8 Å². The van der Waals surface area contributed by atoms with Crippen LogP contribution in [0.25, 0.3) is 11.2 Å². The summed E-state index contributed by atoms with van der Waals surface area (Å²) in [5.41, 5.74) is 7.18. The lowest BCUT2D eigenvalue weighted by molar-refractivity contribution is -0.161. The molecule has 1 unspecified atom stereocenters. The molecule has 2 aliphatic rings. The molecule has 2 aromatic heterocycles. The van der Waals surface area contributed by atoms with Gasteiger partial charge in [0, 0.05) is 32.4 Å². The van der Waals surface area contributed by atoms with Crippen LogP contribution in [0.3, 0.4) is 0 Å². The third kappa shape index (κ3) is 9.98. The van der Waals surface area contributed by atoms with Crippen molar-refractivity contribution in [2.45, 2.75) is 109 Å². The van der Waals surface area contributed by atoms with E-state index in [1.165, 1.54) is 7.11 Å². The predicted octanol–water partition coefficient (Wildman–Crippen LogP) is 5.26. The molecule has 244 valence electrons. The lowest BCUT2D eigenvalue weighted by Crippen LogP contribution is -2.30. The number of nitrogens with zero attached hydrogens (tertiary/aromatic N) is 4. The van der Waals surface area contributed by atoms with Crippen molar-refractivity contribution >= 4 is 42.7 Å². The van der Waals surface area contributed by atoms with E-state index < -0.39 is 32.0 Å². The number of nitrogens with one attached hydrogen (secondary N) is 1. The number of fused-ring (bicyclic) bond motifs is 1. The van der Waals surface area contributed by atoms with Gasteiger partial charge in [-0.15, -0.1) is 0 Å². The van der Waals surface area contributed by atoms with Crippen molar-refractivity contribution in [1.82, 2.24) is 19.5 Å². The number of esters is 2. The van der Waals surface area contributed by atoms with Gasteiger partial charge in [0.1, 0.15) is 6.61 Å². The number of anilines is 2. The molecule has 44 heavy (non-hydrogen) atoms. The third-order valence-corrected chi connectivity index (χ3v) is 8.78. The quantitative estimate of drug-likeness (QED) is 0.0833. The summed E-state index contributed by atoms with van der Waals surface area (Å²) in [5, 5.41) is 3.35. The summed E-state index contributed by atoms with van der Waals surface area (Å²) in [6, 6.07) is 0.161. The zero-order valence-corrected chi connectivity index (χ0v) is 26.7. The number of phosphoric ester groups is 1. The first kappa shape index (κ1) is 33.8. The number of rotatable bonds is 20. The molecule has 2 aromatic rings. The molecule has 0 spiro atoms. The van der Waals surface area contributed by atoms with E-state index in [2.05, 4.69) is 20.3 Å². The summed E-state index contributed by atoms with van der Waals surface area (Å²) >= 11 is 0. The van der Waals surface area contributed by atoms with Gasteiger partial charge in [0.25, 0.3) is 0 Å². The number of allylic oxidation sites excluding steroid dienone is 1. The van der Waals surface area contributed by atoms with Gasteiger partial charge in [0.2, 0.25) is 5.95 Å². The van der Waals surface area contributed by atoms with E-state index in [1.807, 2.05) is 24.5 Å². The monoisotopic (exact) mass is 636 g/mol. The molecule has 0 aliphatic heterocycles. The van der Waals surface area contributed by atoms with Gasteiger partial charge in [0.05, 0.1) is 25.1 Å². The number of carbonyl (C=O) groups is 2. The van der Waals surface area contributed by atoms with Crippen LogP contribution in [-0.4, -0.2) is 70.0 Å². The van der Waals surface area contributed by atoms with Gasteiger partial charge >= 0.3 is 19.8 Å². The number of hydrogen-bond acceptors (Lipinski definition) is 13. The van der Waals surface area contributed by atoms with E-state index in [0.717, 1.165) is 38.5 Å². The van der Waals surface area contributed by atoms with Crippen LogP contribution in [-0.2, 0) is 37.2 Å². The number of nitrogens with two attached hydrogens (primary N) is 1. The molecule has 2 heterocycles. The molecule has 3 N–H and O–H groups in total. The molecule has 14 nitrogen and oxygen atoms in total. The predicted molar refractivity (Wildman–Crippen MR) is 164 cm³/mol. The normalized spacial score (nSPS) is 20.0. The lowest BCUT2D eigenvalue weighted by atomic mass is 10.2. The minimum Gasteiger partial charge on any atom is -0.462 e. The van der Waals surface area contributed by atoms with E-state index in [0.29, 0.717) is 42.3 Å². The van der Waals surface area contributed by atoms with Gasteiger partial charge < -0.3 is 25.1 Å². The van der Waals surface area contributed by atoms with Crippen molar-refractivity contribution in [1.29, 1.82) is 0 Å². The fourth-order valence-corrected chi connectivity index (χ4v) is 5.84. The van der Waals surface area contributed by atoms with Crippen molar-refractivity contribution in [3.63, 3.8) is 0 Å². The van der Waals surface area contributed by atoms with Gasteiger partial charge in [-0.05, 0) is 25.7 Å². The lowest BCUT2D eigenvalue weighted by Gasteiger charge is -2.23. The molecule has 15 heteroatoms. The Morgan fingerprint density at radius 2 is 1.80 bits per heavy atom. The first-order valence-corrected chi connectivity index (χ1v) is 17.0. The summed E-state index contributed by atoms with van der Waals surface area (Å²) in [6.07, 6.45) is 11.9. The highest BCUT2D eigenvalue weighted by Gasteiger charge is 2.35. The Bertz CT molecular complexity index is 1330. The summed E-state index contributed by atoms with van der Waals surface area (Å²) in [5.74, 6) is -0.0978. The second-order valence-corrected chi connectivity index (χ2v) is 12.9. The number of nitrogen functional groups attached to an aromatic ring is 1. The largest absolute Gasteiger partial charge is 0.475 e. The standard InChI is InChI=1S/C29H45N6O8P/c1-4-6-8-10-24(36)40-17-23(42-25(37)11-9-7-5-2)18-41-44(38,39-3)43-22-15-14-21(16-22)35-19-31-26-27(32-20-12-13-20)33-29(30)34-28(26)35/h14-15,19-23H,4-13,16-18H2,1-3H3,(H3,30,32,33,34)/t21-,22+,23?,44+/m0/s1. The molecular weight excluding hydrogens is 591 g/mol. The maximum atomic E-state index is 13.4. The molecule has 0 amide bonds. The van der Waals surface area contributed by atoms with Gasteiger partial charge in [-0.3, -0.25) is 23.2 Å². The Kier molecular flexibility index (Phi) is 12.5. The highest BCUT2D eigenvalue weighted by atomic mass is 31.2. The number of ether oxygens (including phenoxy) is 2. The van der Waals surface area contributed by atoms with Crippen LogP contribution in [0, 0.1) is 0 Å². The van der Waals surface area contributed by atoms with Crippen LogP contribution >= 0.6 is 7.82 Å². The topological polar surface area (TPSA) is 179 Å². The Morgan fingerprint density at radius 3 is 2.48 bits per heavy atom. The number of aromatic nitrogens is 4.